The second kappa shape index (κ2) is 9.27. The molecule has 0 bridgehead atoms. The van der Waals surface area contributed by atoms with Gasteiger partial charge in [-0.15, -0.1) is 0 Å². The molecule has 29 heavy (non-hydrogen) atoms. The van der Waals surface area contributed by atoms with Gasteiger partial charge < -0.3 is 10.1 Å². The van der Waals surface area contributed by atoms with E-state index in [1.54, 1.807) is 0 Å². The molecule has 2 aromatic rings. The Bertz CT molecular complexity index is 943. The molecule has 0 fully saturated rings. The summed E-state index contributed by atoms with van der Waals surface area (Å²) in [6.07, 6.45) is -4.51. The molecule has 1 amide bonds. The van der Waals surface area contributed by atoms with Crippen molar-refractivity contribution in [3.8, 4) is 5.75 Å². The average molecular weight is 430 g/mol. The number of hydrogen-bond acceptors (Lipinski definition) is 4. The van der Waals surface area contributed by atoms with Gasteiger partial charge in [-0.3, -0.25) is 4.79 Å². The van der Waals surface area contributed by atoms with E-state index >= 15 is 0 Å². The second-order valence-corrected chi connectivity index (χ2v) is 8.40. The number of hydrogen-bond donors (Lipinski definition) is 2. The number of carbonyl (C=O) groups is 1. The molecular weight excluding hydrogens is 409 g/mol. The molecule has 0 saturated carbocycles. The predicted octanol–water partition coefficient (Wildman–Crippen LogP) is 3.66. The SMILES string of the molecule is CC(C)CNS(=O)(=O)c1ccc(OCC(=O)Nc2cccc(C(F)(F)F)c2)cc1. The summed E-state index contributed by atoms with van der Waals surface area (Å²) >= 11 is 0. The van der Waals surface area contributed by atoms with E-state index in [0.717, 1.165) is 12.1 Å². The Morgan fingerprint density at radius 2 is 1.76 bits per heavy atom. The zero-order chi connectivity index (χ0) is 21.7. The molecular formula is C19H21F3N2O4S. The topological polar surface area (TPSA) is 84.5 Å². The lowest BCUT2D eigenvalue weighted by Crippen LogP contribution is -2.27. The Morgan fingerprint density at radius 1 is 1.10 bits per heavy atom. The first-order valence-corrected chi connectivity index (χ1v) is 10.2. The molecule has 0 aliphatic heterocycles. The lowest BCUT2D eigenvalue weighted by molar-refractivity contribution is -0.137. The smallest absolute Gasteiger partial charge is 0.416 e. The summed E-state index contributed by atoms with van der Waals surface area (Å²) in [5, 5.41) is 2.32. The number of alkyl halides is 3. The van der Waals surface area contributed by atoms with Gasteiger partial charge in [-0.2, -0.15) is 13.2 Å². The largest absolute Gasteiger partial charge is 0.484 e. The number of halogens is 3. The molecule has 0 aliphatic rings. The molecule has 10 heteroatoms. The van der Waals surface area contributed by atoms with Gasteiger partial charge >= 0.3 is 6.18 Å². The van der Waals surface area contributed by atoms with E-state index in [2.05, 4.69) is 10.0 Å². The number of rotatable bonds is 8. The number of carbonyl (C=O) groups excluding carboxylic acids is 1. The van der Waals surface area contributed by atoms with Gasteiger partial charge in [-0.05, 0) is 48.4 Å². The van der Waals surface area contributed by atoms with Crippen LogP contribution in [-0.4, -0.2) is 27.5 Å². The van der Waals surface area contributed by atoms with Crippen LogP contribution in [-0.2, 0) is 21.0 Å². The number of sulfonamides is 1. The molecule has 0 atom stereocenters. The van der Waals surface area contributed by atoms with Crippen LogP contribution in [0.1, 0.15) is 19.4 Å². The minimum atomic E-state index is -4.51. The van der Waals surface area contributed by atoms with Gasteiger partial charge in [0.05, 0.1) is 10.5 Å². The van der Waals surface area contributed by atoms with Gasteiger partial charge in [0.15, 0.2) is 6.61 Å². The van der Waals surface area contributed by atoms with Gasteiger partial charge in [0, 0.05) is 12.2 Å². The van der Waals surface area contributed by atoms with Crippen LogP contribution in [0.3, 0.4) is 0 Å². The minimum Gasteiger partial charge on any atom is -0.484 e. The van der Waals surface area contributed by atoms with Gasteiger partial charge in [0.2, 0.25) is 10.0 Å². The van der Waals surface area contributed by atoms with Crippen molar-refractivity contribution in [3.63, 3.8) is 0 Å². The van der Waals surface area contributed by atoms with Crippen molar-refractivity contribution in [1.29, 1.82) is 0 Å². The van der Waals surface area contributed by atoms with Crippen LogP contribution in [0.2, 0.25) is 0 Å². The van der Waals surface area contributed by atoms with E-state index in [1.165, 1.54) is 36.4 Å². The van der Waals surface area contributed by atoms with Crippen LogP contribution in [0.15, 0.2) is 53.4 Å². The van der Waals surface area contributed by atoms with Crippen molar-refractivity contribution in [2.45, 2.75) is 24.9 Å². The second-order valence-electron chi connectivity index (χ2n) is 6.63. The number of nitrogens with one attached hydrogen (secondary N) is 2. The molecule has 2 N–H and O–H groups in total. The molecule has 0 heterocycles. The number of ether oxygens (including phenoxy) is 1. The number of amides is 1. The van der Waals surface area contributed by atoms with E-state index < -0.39 is 34.3 Å². The summed E-state index contributed by atoms with van der Waals surface area (Å²) in [5.74, 6) is -0.255. The van der Waals surface area contributed by atoms with Crippen molar-refractivity contribution in [2.75, 3.05) is 18.5 Å². The quantitative estimate of drug-likeness (QED) is 0.670. The summed E-state index contributed by atoms with van der Waals surface area (Å²) in [4.78, 5) is 12.0. The summed E-state index contributed by atoms with van der Waals surface area (Å²) in [6, 6.07) is 9.69. The summed E-state index contributed by atoms with van der Waals surface area (Å²) in [5.41, 5.74) is -0.884. The molecule has 0 aliphatic carbocycles. The van der Waals surface area contributed by atoms with Crippen molar-refractivity contribution in [3.05, 3.63) is 54.1 Å². The van der Waals surface area contributed by atoms with E-state index in [1.807, 2.05) is 13.8 Å². The van der Waals surface area contributed by atoms with E-state index in [9.17, 15) is 26.4 Å². The highest BCUT2D eigenvalue weighted by molar-refractivity contribution is 7.89. The molecule has 0 saturated heterocycles. The third-order valence-corrected chi connectivity index (χ3v) is 5.10. The van der Waals surface area contributed by atoms with Gasteiger partial charge in [-0.1, -0.05) is 19.9 Å². The van der Waals surface area contributed by atoms with E-state index in [-0.39, 0.29) is 22.3 Å². The fourth-order valence-electron chi connectivity index (χ4n) is 2.19. The lowest BCUT2D eigenvalue weighted by atomic mass is 10.2. The highest BCUT2D eigenvalue weighted by Crippen LogP contribution is 2.30. The molecule has 6 nitrogen and oxygen atoms in total. The van der Waals surface area contributed by atoms with Gasteiger partial charge in [0.1, 0.15) is 5.75 Å². The van der Waals surface area contributed by atoms with Gasteiger partial charge in [-0.25, -0.2) is 13.1 Å². The Morgan fingerprint density at radius 3 is 2.34 bits per heavy atom. The Balaban J connectivity index is 1.92. The maximum atomic E-state index is 12.7. The minimum absolute atomic E-state index is 0.00825. The maximum absolute atomic E-state index is 12.7. The third kappa shape index (κ3) is 7.06. The standard InChI is InChI=1S/C19H21F3N2O4S/c1-13(2)11-23-29(26,27)17-8-6-16(7-9-17)28-12-18(25)24-15-5-3-4-14(10-15)19(20,21)22/h3-10,13,23H,11-12H2,1-2H3,(H,24,25). The zero-order valence-electron chi connectivity index (χ0n) is 15.8. The highest BCUT2D eigenvalue weighted by atomic mass is 32.2. The summed E-state index contributed by atoms with van der Waals surface area (Å²) < 4.78 is 70.0. The van der Waals surface area contributed by atoms with Crippen LogP contribution in [0.5, 0.6) is 5.75 Å². The highest BCUT2D eigenvalue weighted by Gasteiger charge is 2.30. The molecule has 0 radical (unpaired) electrons. The van der Waals surface area contributed by atoms with Crippen LogP contribution >= 0.6 is 0 Å². The molecule has 0 aromatic heterocycles. The molecule has 0 unspecified atom stereocenters. The number of anilines is 1. The first-order valence-electron chi connectivity index (χ1n) is 8.67. The van der Waals surface area contributed by atoms with Crippen molar-refractivity contribution < 1.29 is 31.1 Å². The average Bonchev–Trinajstić information content (AvgIpc) is 2.65. The Labute approximate surface area is 167 Å². The molecule has 0 spiro atoms. The summed E-state index contributed by atoms with van der Waals surface area (Å²) in [7, 11) is -3.64. The molecule has 158 valence electrons. The third-order valence-electron chi connectivity index (χ3n) is 3.66. The van der Waals surface area contributed by atoms with Crippen molar-refractivity contribution in [2.24, 2.45) is 5.92 Å². The normalized spacial score (nSPS) is 12.1. The van der Waals surface area contributed by atoms with Crippen LogP contribution in [0, 0.1) is 5.92 Å². The van der Waals surface area contributed by atoms with Crippen molar-refractivity contribution in [1.82, 2.24) is 4.72 Å². The number of benzene rings is 2. The van der Waals surface area contributed by atoms with Crippen LogP contribution < -0.4 is 14.8 Å². The molecule has 2 rings (SSSR count). The Kier molecular flexibility index (Phi) is 7.26. The maximum Gasteiger partial charge on any atom is 0.416 e. The van der Waals surface area contributed by atoms with Gasteiger partial charge in [0.25, 0.3) is 5.91 Å². The zero-order valence-corrected chi connectivity index (χ0v) is 16.6. The van der Waals surface area contributed by atoms with E-state index in [4.69, 9.17) is 4.74 Å². The van der Waals surface area contributed by atoms with Crippen LogP contribution in [0.4, 0.5) is 18.9 Å². The fraction of sp³-hybridized carbons (Fsp3) is 0.316. The van der Waals surface area contributed by atoms with Crippen molar-refractivity contribution >= 4 is 21.6 Å². The lowest BCUT2D eigenvalue weighted by Gasteiger charge is -2.11. The molecule has 2 aromatic carbocycles. The fourth-order valence-corrected chi connectivity index (χ4v) is 3.41. The first kappa shape index (κ1) is 22.7. The van der Waals surface area contributed by atoms with E-state index in [0.29, 0.717) is 6.54 Å². The van der Waals surface area contributed by atoms with Crippen LogP contribution in [0.25, 0.3) is 0 Å². The first-order chi connectivity index (χ1) is 13.5. The monoisotopic (exact) mass is 430 g/mol. The predicted molar refractivity (Wildman–Crippen MR) is 102 cm³/mol. The summed E-state index contributed by atoms with van der Waals surface area (Å²) in [6.45, 7) is 3.61. The Hall–Kier alpha value is -2.59.